The normalized spacial score (nSPS) is 17.6. The number of esters is 1. The van der Waals surface area contributed by atoms with Crippen LogP contribution < -0.4 is 10.9 Å². The first-order valence-corrected chi connectivity index (χ1v) is 9.23. The van der Waals surface area contributed by atoms with Gasteiger partial charge in [-0.05, 0) is 44.0 Å². The highest BCUT2D eigenvalue weighted by Crippen LogP contribution is 2.26. The summed E-state index contributed by atoms with van der Waals surface area (Å²) in [4.78, 5) is 37.6. The summed E-state index contributed by atoms with van der Waals surface area (Å²) in [5.41, 5.74) is 1.32. The Morgan fingerprint density at radius 3 is 2.85 bits per heavy atom. The van der Waals surface area contributed by atoms with Crippen molar-refractivity contribution < 1.29 is 18.7 Å². The third-order valence-electron chi connectivity index (χ3n) is 4.70. The van der Waals surface area contributed by atoms with Crippen LogP contribution in [0.5, 0.6) is 0 Å². The zero-order valence-corrected chi connectivity index (χ0v) is 15.6. The first kappa shape index (κ1) is 19.1. The Morgan fingerprint density at radius 1 is 1.30 bits per heavy atom. The van der Waals surface area contributed by atoms with Crippen LogP contribution in [0.4, 0.5) is 5.69 Å². The number of likely N-dealkylation sites (tertiary alicyclic amines) is 1. The molecule has 0 bridgehead atoms. The Bertz CT molecular complexity index is 905. The van der Waals surface area contributed by atoms with Gasteiger partial charge in [-0.2, -0.15) is 0 Å². The van der Waals surface area contributed by atoms with E-state index in [1.807, 2.05) is 6.07 Å². The Balaban J connectivity index is 1.92. The lowest BCUT2D eigenvalue weighted by molar-refractivity contribution is -0.151. The van der Waals surface area contributed by atoms with Gasteiger partial charge < -0.3 is 14.5 Å². The first-order chi connectivity index (χ1) is 13.0. The van der Waals surface area contributed by atoms with Crippen molar-refractivity contribution in [2.75, 3.05) is 18.5 Å². The Kier molecular flexibility index (Phi) is 5.91. The smallest absolute Gasteiger partial charge is 0.336 e. The summed E-state index contributed by atoms with van der Waals surface area (Å²) in [6, 6.07) is 6.41. The van der Waals surface area contributed by atoms with Gasteiger partial charge in [0.2, 0.25) is 5.91 Å². The number of fused-ring (bicyclic) bond motifs is 1. The average Bonchev–Trinajstić information content (AvgIpc) is 2.61. The van der Waals surface area contributed by atoms with Crippen molar-refractivity contribution in [1.82, 2.24) is 4.90 Å². The molecule has 1 aromatic carbocycles. The van der Waals surface area contributed by atoms with E-state index in [1.54, 1.807) is 19.1 Å². The minimum Gasteiger partial charge on any atom is -0.465 e. The zero-order valence-electron chi connectivity index (χ0n) is 15.6. The van der Waals surface area contributed by atoms with Gasteiger partial charge in [-0.1, -0.05) is 6.42 Å². The van der Waals surface area contributed by atoms with Gasteiger partial charge in [0.05, 0.1) is 6.61 Å². The monoisotopic (exact) mass is 372 g/mol. The molecule has 0 spiro atoms. The molecule has 1 aromatic heterocycles. The van der Waals surface area contributed by atoms with Gasteiger partial charge in [0.15, 0.2) is 0 Å². The molecule has 2 heterocycles. The summed E-state index contributed by atoms with van der Waals surface area (Å²) >= 11 is 0. The van der Waals surface area contributed by atoms with E-state index in [-0.39, 0.29) is 17.9 Å². The van der Waals surface area contributed by atoms with Crippen molar-refractivity contribution in [2.24, 2.45) is 0 Å². The predicted molar refractivity (Wildman–Crippen MR) is 101 cm³/mol. The Hall–Kier alpha value is -2.67. The van der Waals surface area contributed by atoms with Crippen molar-refractivity contribution in [1.29, 1.82) is 0 Å². The highest BCUT2D eigenvalue weighted by molar-refractivity contribution is 5.92. The number of carbonyl (C=O) groups is 2. The average molecular weight is 372 g/mol. The lowest BCUT2D eigenvalue weighted by atomic mass is 10.0. The summed E-state index contributed by atoms with van der Waals surface area (Å²) < 4.78 is 10.5. The molecular weight excluding hydrogens is 348 g/mol. The molecule has 1 amide bonds. The molecule has 0 radical (unpaired) electrons. The van der Waals surface area contributed by atoms with E-state index < -0.39 is 5.63 Å². The number of carbonyl (C=O) groups excluding carboxylic acids is 2. The largest absolute Gasteiger partial charge is 0.465 e. The van der Waals surface area contributed by atoms with Crippen LogP contribution in [0.3, 0.4) is 0 Å². The fourth-order valence-corrected chi connectivity index (χ4v) is 3.55. The molecule has 2 aromatic rings. The van der Waals surface area contributed by atoms with Crippen LogP contribution in [0.25, 0.3) is 11.0 Å². The van der Waals surface area contributed by atoms with E-state index in [2.05, 4.69) is 10.2 Å². The van der Waals surface area contributed by atoms with Gasteiger partial charge >= 0.3 is 11.6 Å². The predicted octanol–water partition coefficient (Wildman–Crippen LogP) is 2.67. The van der Waals surface area contributed by atoms with Crippen molar-refractivity contribution in [3.05, 3.63) is 40.2 Å². The molecule has 27 heavy (non-hydrogen) atoms. The van der Waals surface area contributed by atoms with Crippen molar-refractivity contribution >= 4 is 28.5 Å². The van der Waals surface area contributed by atoms with Crippen molar-refractivity contribution in [3.63, 3.8) is 0 Å². The summed E-state index contributed by atoms with van der Waals surface area (Å²) in [5, 5.41) is 3.47. The van der Waals surface area contributed by atoms with Crippen LogP contribution in [-0.4, -0.2) is 36.0 Å². The lowest BCUT2D eigenvalue weighted by Gasteiger charge is -2.34. The molecule has 1 saturated heterocycles. The van der Waals surface area contributed by atoms with Gasteiger partial charge in [0.1, 0.15) is 11.6 Å². The quantitative estimate of drug-likeness (QED) is 0.641. The van der Waals surface area contributed by atoms with Gasteiger partial charge in [-0.25, -0.2) is 4.79 Å². The minimum absolute atomic E-state index is 0.196. The number of hydrogen-bond donors (Lipinski definition) is 1. The van der Waals surface area contributed by atoms with Crippen molar-refractivity contribution in [2.45, 2.75) is 45.7 Å². The number of rotatable bonds is 5. The highest BCUT2D eigenvalue weighted by Gasteiger charge is 2.30. The Morgan fingerprint density at radius 2 is 2.11 bits per heavy atom. The van der Waals surface area contributed by atoms with Crippen LogP contribution in [0.15, 0.2) is 33.5 Å². The second-order valence-electron chi connectivity index (χ2n) is 6.72. The Labute approximate surface area is 157 Å². The van der Waals surface area contributed by atoms with E-state index in [0.29, 0.717) is 24.4 Å². The number of nitrogens with one attached hydrogen (secondary N) is 1. The number of piperidine rings is 1. The number of hydrogen-bond acceptors (Lipinski definition) is 6. The standard InChI is InChI=1S/C20H24N2O5/c1-3-26-20(25)17-6-4-5-9-22(17)12-14-10-19(24)27-18-11-15(21-13(2)23)7-8-16(14)18/h7-8,10-11,17H,3-6,9,12H2,1-2H3,(H,21,23)/t17-/m1/s1. The van der Waals surface area contributed by atoms with Gasteiger partial charge in [0.25, 0.3) is 0 Å². The van der Waals surface area contributed by atoms with Gasteiger partial charge in [0, 0.05) is 36.7 Å². The topological polar surface area (TPSA) is 88.8 Å². The summed E-state index contributed by atoms with van der Waals surface area (Å²) in [6.45, 7) is 4.81. The van der Waals surface area contributed by atoms with Crippen LogP contribution >= 0.6 is 0 Å². The van der Waals surface area contributed by atoms with E-state index in [9.17, 15) is 14.4 Å². The second-order valence-corrected chi connectivity index (χ2v) is 6.72. The summed E-state index contributed by atoms with van der Waals surface area (Å²) in [5.74, 6) is -0.407. The molecule has 1 fully saturated rings. The SMILES string of the molecule is CCOC(=O)[C@H]1CCCCN1Cc1cc(=O)oc2cc(NC(C)=O)ccc12. The fourth-order valence-electron chi connectivity index (χ4n) is 3.55. The molecule has 1 aliphatic rings. The maximum absolute atomic E-state index is 12.3. The molecule has 7 nitrogen and oxygen atoms in total. The maximum Gasteiger partial charge on any atom is 0.336 e. The molecule has 1 aliphatic heterocycles. The fraction of sp³-hybridized carbons (Fsp3) is 0.450. The molecule has 1 N–H and O–H groups in total. The van der Waals surface area contributed by atoms with Gasteiger partial charge in [-0.15, -0.1) is 0 Å². The minimum atomic E-state index is -0.456. The van der Waals surface area contributed by atoms with E-state index in [1.165, 1.54) is 13.0 Å². The van der Waals surface area contributed by atoms with Gasteiger partial charge in [-0.3, -0.25) is 14.5 Å². The molecule has 1 atom stereocenters. The maximum atomic E-state index is 12.3. The molecular formula is C20H24N2O5. The number of anilines is 1. The number of amides is 1. The molecule has 0 aliphatic carbocycles. The third-order valence-corrected chi connectivity index (χ3v) is 4.70. The van der Waals surface area contributed by atoms with Crippen LogP contribution in [-0.2, 0) is 20.9 Å². The molecule has 3 rings (SSSR count). The lowest BCUT2D eigenvalue weighted by Crippen LogP contribution is -2.45. The molecule has 0 saturated carbocycles. The zero-order chi connectivity index (χ0) is 19.4. The molecule has 0 unspecified atom stereocenters. The van der Waals surface area contributed by atoms with Crippen LogP contribution in [0.1, 0.15) is 38.7 Å². The third kappa shape index (κ3) is 4.54. The number of ether oxygens (including phenoxy) is 1. The van der Waals surface area contributed by atoms with Crippen molar-refractivity contribution in [3.8, 4) is 0 Å². The summed E-state index contributed by atoms with van der Waals surface area (Å²) in [6.07, 6.45) is 2.74. The number of benzene rings is 1. The highest BCUT2D eigenvalue weighted by atomic mass is 16.5. The van der Waals surface area contributed by atoms with E-state index in [0.717, 1.165) is 36.8 Å². The van der Waals surface area contributed by atoms with Crippen LogP contribution in [0.2, 0.25) is 0 Å². The second kappa shape index (κ2) is 8.35. The molecule has 144 valence electrons. The summed E-state index contributed by atoms with van der Waals surface area (Å²) in [7, 11) is 0. The van der Waals surface area contributed by atoms with E-state index >= 15 is 0 Å². The van der Waals surface area contributed by atoms with E-state index in [4.69, 9.17) is 9.15 Å². The molecule has 7 heteroatoms. The van der Waals surface area contributed by atoms with Crippen LogP contribution in [0, 0.1) is 0 Å². The number of nitrogens with zero attached hydrogens (tertiary/aromatic N) is 1. The first-order valence-electron chi connectivity index (χ1n) is 9.23.